The van der Waals surface area contributed by atoms with Crippen molar-refractivity contribution in [3.8, 4) is 23.0 Å². The van der Waals surface area contributed by atoms with Gasteiger partial charge in [-0.05, 0) is 18.2 Å². The van der Waals surface area contributed by atoms with Crippen LogP contribution in [0.5, 0.6) is 23.0 Å². The van der Waals surface area contributed by atoms with Crippen LogP contribution in [0, 0.1) is 0 Å². The highest BCUT2D eigenvalue weighted by atomic mass is 32.2. The van der Waals surface area contributed by atoms with Gasteiger partial charge in [0.2, 0.25) is 10.0 Å². The van der Waals surface area contributed by atoms with Gasteiger partial charge >= 0.3 is 0 Å². The highest BCUT2D eigenvalue weighted by Gasteiger charge is 2.20. The van der Waals surface area contributed by atoms with E-state index >= 15 is 0 Å². The molecule has 0 atom stereocenters. The van der Waals surface area contributed by atoms with Crippen molar-refractivity contribution in [3.05, 3.63) is 35.9 Å². The van der Waals surface area contributed by atoms with Crippen molar-refractivity contribution in [2.24, 2.45) is 5.14 Å². The van der Waals surface area contributed by atoms with Crippen LogP contribution in [0.1, 0.15) is 10.4 Å². The Morgan fingerprint density at radius 1 is 0.852 bits per heavy atom. The smallest absolute Gasteiger partial charge is 0.259 e. The average Bonchev–Trinajstić information content (AvgIpc) is 2.65. The number of hydrogen-bond acceptors (Lipinski definition) is 7. The zero-order valence-electron chi connectivity index (χ0n) is 15.2. The van der Waals surface area contributed by atoms with Crippen LogP contribution in [0.15, 0.2) is 35.2 Å². The molecule has 0 radical (unpaired) electrons. The summed E-state index contributed by atoms with van der Waals surface area (Å²) in [6.45, 7) is 0. The summed E-state index contributed by atoms with van der Waals surface area (Å²) in [5, 5.41) is 7.78. The maximum Gasteiger partial charge on any atom is 0.259 e. The summed E-state index contributed by atoms with van der Waals surface area (Å²) in [4.78, 5) is 12.4. The number of ether oxygens (including phenoxy) is 4. The van der Waals surface area contributed by atoms with Crippen LogP contribution < -0.4 is 29.4 Å². The molecule has 0 saturated heterocycles. The summed E-state index contributed by atoms with van der Waals surface area (Å²) in [7, 11) is 1.58. The zero-order valence-corrected chi connectivity index (χ0v) is 16.0. The standard InChI is InChI=1S/C17H20N2O7S/c1-23-12-6-5-10(7-16(12)27(18,21)22)19-17(20)11-8-14(25-3)15(26-4)9-13(11)24-2/h5-9H,1-4H3,(H,19,20)(H2,18,21,22). The third-order valence-corrected chi connectivity index (χ3v) is 4.61. The zero-order chi connectivity index (χ0) is 20.2. The SMILES string of the molecule is COc1cc(OC)c(C(=O)Nc2ccc(OC)c(S(N)(=O)=O)c2)cc1OC. The number of carbonyl (C=O) groups excluding carboxylic acids is 1. The van der Waals surface area contributed by atoms with Crippen LogP contribution in [-0.2, 0) is 10.0 Å². The minimum atomic E-state index is -4.04. The fourth-order valence-corrected chi connectivity index (χ4v) is 3.10. The normalized spacial score (nSPS) is 10.9. The van der Waals surface area contributed by atoms with Gasteiger partial charge in [0, 0.05) is 17.8 Å². The number of benzene rings is 2. The van der Waals surface area contributed by atoms with Gasteiger partial charge in [-0.15, -0.1) is 0 Å². The van der Waals surface area contributed by atoms with Gasteiger partial charge in [-0.1, -0.05) is 0 Å². The topological polar surface area (TPSA) is 126 Å². The number of hydrogen-bond donors (Lipinski definition) is 2. The summed E-state index contributed by atoms with van der Waals surface area (Å²) in [6.07, 6.45) is 0. The van der Waals surface area contributed by atoms with E-state index in [0.717, 1.165) is 0 Å². The molecular weight excluding hydrogens is 376 g/mol. The van der Waals surface area contributed by atoms with E-state index in [1.807, 2.05) is 0 Å². The van der Waals surface area contributed by atoms with E-state index in [-0.39, 0.29) is 27.6 Å². The fraction of sp³-hybridized carbons (Fsp3) is 0.235. The van der Waals surface area contributed by atoms with Crippen molar-refractivity contribution in [1.82, 2.24) is 0 Å². The van der Waals surface area contributed by atoms with Gasteiger partial charge in [0.05, 0.1) is 34.0 Å². The molecule has 0 fully saturated rings. The van der Waals surface area contributed by atoms with Crippen LogP contribution in [0.2, 0.25) is 0 Å². The van der Waals surface area contributed by atoms with Gasteiger partial charge in [0.1, 0.15) is 16.4 Å². The number of anilines is 1. The first kappa shape index (κ1) is 20.3. The third kappa shape index (κ3) is 4.41. The maximum atomic E-state index is 12.7. The molecule has 0 spiro atoms. The number of carbonyl (C=O) groups is 1. The molecule has 10 heteroatoms. The lowest BCUT2D eigenvalue weighted by atomic mass is 10.1. The summed E-state index contributed by atoms with van der Waals surface area (Å²) in [5.74, 6) is 0.512. The molecule has 9 nitrogen and oxygen atoms in total. The Hall–Kier alpha value is -2.98. The molecule has 0 aliphatic heterocycles. The molecule has 0 heterocycles. The fourth-order valence-electron chi connectivity index (χ4n) is 2.38. The number of nitrogens with one attached hydrogen (secondary N) is 1. The number of nitrogens with two attached hydrogens (primary N) is 1. The number of amides is 1. The Kier molecular flexibility index (Phi) is 6.13. The summed E-state index contributed by atoms with van der Waals surface area (Å²) < 4.78 is 44.0. The van der Waals surface area contributed by atoms with E-state index in [1.165, 1.54) is 58.8 Å². The first-order valence-electron chi connectivity index (χ1n) is 7.57. The number of sulfonamides is 1. The quantitative estimate of drug-likeness (QED) is 0.728. The van der Waals surface area contributed by atoms with Gasteiger partial charge < -0.3 is 24.3 Å². The van der Waals surface area contributed by atoms with Gasteiger partial charge in [0.25, 0.3) is 5.91 Å². The van der Waals surface area contributed by atoms with E-state index < -0.39 is 15.9 Å². The Morgan fingerprint density at radius 2 is 1.41 bits per heavy atom. The molecule has 27 heavy (non-hydrogen) atoms. The largest absolute Gasteiger partial charge is 0.496 e. The summed E-state index contributed by atoms with van der Waals surface area (Å²) >= 11 is 0. The second-order valence-corrected chi connectivity index (χ2v) is 6.80. The lowest BCUT2D eigenvalue weighted by Gasteiger charge is -2.14. The molecular formula is C17H20N2O7S. The highest BCUT2D eigenvalue weighted by Crippen LogP contribution is 2.35. The molecule has 0 aliphatic rings. The second kappa shape index (κ2) is 8.14. The molecule has 1 amide bonds. The van der Waals surface area contributed by atoms with Crippen molar-refractivity contribution in [1.29, 1.82) is 0 Å². The maximum absolute atomic E-state index is 12.7. The van der Waals surface area contributed by atoms with E-state index in [4.69, 9.17) is 24.1 Å². The van der Waals surface area contributed by atoms with Crippen LogP contribution in [0.3, 0.4) is 0 Å². The lowest BCUT2D eigenvalue weighted by Crippen LogP contribution is -2.16. The van der Waals surface area contributed by atoms with Gasteiger partial charge in [-0.2, -0.15) is 0 Å². The molecule has 146 valence electrons. The van der Waals surface area contributed by atoms with Crippen molar-refractivity contribution in [2.75, 3.05) is 33.8 Å². The van der Waals surface area contributed by atoms with Crippen LogP contribution in [0.25, 0.3) is 0 Å². The summed E-state index contributed by atoms with van der Waals surface area (Å²) in [6, 6.07) is 7.05. The number of methoxy groups -OCH3 is 4. The molecule has 2 aromatic rings. The predicted octanol–water partition coefficient (Wildman–Crippen LogP) is 1.62. The molecule has 0 bridgehead atoms. The molecule has 0 unspecified atom stereocenters. The van der Waals surface area contributed by atoms with Crippen LogP contribution in [-0.4, -0.2) is 42.8 Å². The highest BCUT2D eigenvalue weighted by molar-refractivity contribution is 7.89. The van der Waals surface area contributed by atoms with E-state index in [0.29, 0.717) is 11.5 Å². The van der Waals surface area contributed by atoms with Crippen molar-refractivity contribution in [2.45, 2.75) is 4.90 Å². The van der Waals surface area contributed by atoms with E-state index in [2.05, 4.69) is 5.32 Å². The van der Waals surface area contributed by atoms with Crippen molar-refractivity contribution in [3.63, 3.8) is 0 Å². The minimum Gasteiger partial charge on any atom is -0.496 e. The van der Waals surface area contributed by atoms with Crippen LogP contribution >= 0.6 is 0 Å². The molecule has 2 rings (SSSR count). The van der Waals surface area contributed by atoms with E-state index in [1.54, 1.807) is 0 Å². The number of rotatable bonds is 7. The molecule has 2 aromatic carbocycles. The van der Waals surface area contributed by atoms with Crippen LogP contribution in [0.4, 0.5) is 5.69 Å². The van der Waals surface area contributed by atoms with Gasteiger partial charge in [0.15, 0.2) is 11.5 Å². The predicted molar refractivity (Wildman–Crippen MR) is 98.4 cm³/mol. The van der Waals surface area contributed by atoms with Gasteiger partial charge in [-0.3, -0.25) is 4.79 Å². The lowest BCUT2D eigenvalue weighted by molar-refractivity contribution is 0.102. The minimum absolute atomic E-state index is 0.0687. The third-order valence-electron chi connectivity index (χ3n) is 3.68. The molecule has 0 aliphatic carbocycles. The van der Waals surface area contributed by atoms with Gasteiger partial charge in [-0.25, -0.2) is 13.6 Å². The Morgan fingerprint density at radius 3 is 1.93 bits per heavy atom. The monoisotopic (exact) mass is 396 g/mol. The number of primary sulfonamides is 1. The van der Waals surface area contributed by atoms with Crippen molar-refractivity contribution >= 4 is 21.6 Å². The molecule has 0 saturated carbocycles. The second-order valence-electron chi connectivity index (χ2n) is 5.27. The average molecular weight is 396 g/mol. The Bertz CT molecular complexity index is 958. The van der Waals surface area contributed by atoms with Crippen molar-refractivity contribution < 1.29 is 32.2 Å². The molecule has 3 N–H and O–H groups in total. The Labute approximate surface area is 157 Å². The summed E-state index contributed by atoms with van der Waals surface area (Å²) in [5.41, 5.74) is 0.379. The van der Waals surface area contributed by atoms with E-state index in [9.17, 15) is 13.2 Å². The molecule has 0 aromatic heterocycles. The first-order chi connectivity index (χ1) is 12.7. The Balaban J connectivity index is 2.43. The first-order valence-corrected chi connectivity index (χ1v) is 9.12.